The first kappa shape index (κ1) is 26.2. The predicted molar refractivity (Wildman–Crippen MR) is 138 cm³/mol. The van der Waals surface area contributed by atoms with Gasteiger partial charge in [-0.25, -0.2) is 8.42 Å². The summed E-state index contributed by atoms with van der Waals surface area (Å²) >= 11 is 12.3. The van der Waals surface area contributed by atoms with Gasteiger partial charge in [-0.3, -0.25) is 4.79 Å². The Kier molecular flexibility index (Phi) is 8.42. The molecule has 0 aliphatic carbocycles. The highest BCUT2D eigenvalue weighted by molar-refractivity contribution is 7.89. The second kappa shape index (κ2) is 10.9. The average molecular weight is 519 g/mol. The summed E-state index contributed by atoms with van der Waals surface area (Å²) in [7, 11) is -3.96. The number of halogens is 2. The minimum atomic E-state index is -3.96. The summed E-state index contributed by atoms with van der Waals surface area (Å²) in [5, 5.41) is 3.73. The van der Waals surface area contributed by atoms with Gasteiger partial charge in [-0.15, -0.1) is 0 Å². The first-order chi connectivity index (χ1) is 16.0. The lowest BCUT2D eigenvalue weighted by Crippen LogP contribution is -2.41. The molecule has 0 aromatic heterocycles. The maximum absolute atomic E-state index is 13.4. The van der Waals surface area contributed by atoms with Gasteiger partial charge in [0.15, 0.2) is 0 Å². The molecule has 5 nitrogen and oxygen atoms in total. The molecular weight excluding hydrogens is 491 g/mol. The third-order valence-electron chi connectivity index (χ3n) is 5.79. The molecule has 3 aromatic rings. The second-order valence-electron chi connectivity index (χ2n) is 8.40. The van der Waals surface area contributed by atoms with Crippen molar-refractivity contribution in [3.05, 3.63) is 98.5 Å². The summed E-state index contributed by atoms with van der Waals surface area (Å²) in [6, 6.07) is 16.7. The summed E-state index contributed by atoms with van der Waals surface area (Å²) in [4.78, 5) is 13.1. The average Bonchev–Trinajstić information content (AvgIpc) is 2.77. The van der Waals surface area contributed by atoms with Gasteiger partial charge in [-0.1, -0.05) is 59.6 Å². The van der Waals surface area contributed by atoms with Crippen molar-refractivity contribution in [2.24, 2.45) is 0 Å². The van der Waals surface area contributed by atoms with E-state index < -0.39 is 15.9 Å². The number of rotatable bonds is 8. The molecule has 3 rings (SSSR count). The third kappa shape index (κ3) is 6.19. The number of nitrogens with one attached hydrogen (secondary N) is 1. The monoisotopic (exact) mass is 518 g/mol. The van der Waals surface area contributed by atoms with E-state index in [9.17, 15) is 13.2 Å². The minimum Gasteiger partial charge on any atom is -0.348 e. The van der Waals surface area contributed by atoms with Crippen molar-refractivity contribution < 1.29 is 13.2 Å². The van der Waals surface area contributed by atoms with Gasteiger partial charge < -0.3 is 5.32 Å². The molecule has 0 unspecified atom stereocenters. The first-order valence-corrected chi connectivity index (χ1v) is 13.0. The molecule has 1 atom stereocenters. The number of hydrogen-bond donors (Lipinski definition) is 1. The van der Waals surface area contributed by atoms with E-state index in [0.29, 0.717) is 15.6 Å². The van der Waals surface area contributed by atoms with Crippen LogP contribution in [-0.2, 0) is 21.4 Å². The maximum atomic E-state index is 13.4. The third-order valence-corrected chi connectivity index (χ3v) is 8.18. The fourth-order valence-electron chi connectivity index (χ4n) is 3.78. The summed E-state index contributed by atoms with van der Waals surface area (Å²) in [6.45, 7) is 7.53. The van der Waals surface area contributed by atoms with Gasteiger partial charge in [-0.2, -0.15) is 4.31 Å². The molecule has 0 fully saturated rings. The van der Waals surface area contributed by atoms with Gasteiger partial charge in [0.25, 0.3) is 0 Å². The van der Waals surface area contributed by atoms with E-state index in [-0.39, 0.29) is 24.0 Å². The highest BCUT2D eigenvalue weighted by Crippen LogP contribution is 2.26. The Hall–Kier alpha value is -2.38. The zero-order valence-electron chi connectivity index (χ0n) is 19.6. The van der Waals surface area contributed by atoms with Gasteiger partial charge in [0.1, 0.15) is 0 Å². The number of carbonyl (C=O) groups is 1. The summed E-state index contributed by atoms with van der Waals surface area (Å²) in [5.41, 5.74) is 4.93. The largest absolute Gasteiger partial charge is 0.348 e. The van der Waals surface area contributed by atoms with Gasteiger partial charge in [-0.05, 0) is 79.8 Å². The van der Waals surface area contributed by atoms with E-state index >= 15 is 0 Å². The van der Waals surface area contributed by atoms with Gasteiger partial charge in [0.05, 0.1) is 17.5 Å². The molecule has 3 aromatic carbocycles. The van der Waals surface area contributed by atoms with E-state index in [4.69, 9.17) is 23.2 Å². The summed E-state index contributed by atoms with van der Waals surface area (Å²) in [5.74, 6) is -0.408. The summed E-state index contributed by atoms with van der Waals surface area (Å²) < 4.78 is 28.0. The van der Waals surface area contributed by atoms with Gasteiger partial charge in [0, 0.05) is 16.6 Å². The SMILES string of the molecule is Cc1cc(C)c([C@@H](C)NC(=O)CN(Cc2ccc(Cl)cc2Cl)S(=O)(=O)c2ccccc2)cc1C. The number of benzene rings is 3. The molecule has 0 bridgehead atoms. The van der Waals surface area contributed by atoms with E-state index in [1.807, 2.05) is 27.7 Å². The van der Waals surface area contributed by atoms with Crippen LogP contribution in [-0.4, -0.2) is 25.2 Å². The number of hydrogen-bond acceptors (Lipinski definition) is 3. The van der Waals surface area contributed by atoms with Gasteiger partial charge in [0.2, 0.25) is 15.9 Å². The van der Waals surface area contributed by atoms with Crippen molar-refractivity contribution in [2.45, 2.75) is 45.2 Å². The molecule has 180 valence electrons. The lowest BCUT2D eigenvalue weighted by molar-refractivity contribution is -0.122. The molecule has 8 heteroatoms. The summed E-state index contributed by atoms with van der Waals surface area (Å²) in [6.07, 6.45) is 0. The van der Waals surface area contributed by atoms with Crippen LogP contribution in [0, 0.1) is 20.8 Å². The van der Waals surface area contributed by atoms with Gasteiger partial charge >= 0.3 is 0 Å². The molecule has 1 N–H and O–H groups in total. The van der Waals surface area contributed by atoms with Crippen LogP contribution in [0.15, 0.2) is 65.6 Å². The molecular formula is C26H28Cl2N2O3S. The normalized spacial score (nSPS) is 12.6. The highest BCUT2D eigenvalue weighted by atomic mass is 35.5. The Morgan fingerprint density at radius 2 is 1.59 bits per heavy atom. The quantitative estimate of drug-likeness (QED) is 0.398. The van der Waals surface area contributed by atoms with Crippen LogP contribution in [0.4, 0.5) is 0 Å². The van der Waals surface area contributed by atoms with Crippen LogP contribution < -0.4 is 5.32 Å². The number of carbonyl (C=O) groups excluding carboxylic acids is 1. The van der Waals surface area contributed by atoms with Crippen molar-refractivity contribution in [1.82, 2.24) is 9.62 Å². The van der Waals surface area contributed by atoms with Crippen molar-refractivity contribution in [2.75, 3.05) is 6.54 Å². The van der Waals surface area contributed by atoms with E-state index in [1.54, 1.807) is 36.4 Å². The lowest BCUT2D eigenvalue weighted by atomic mass is 9.96. The molecule has 0 heterocycles. The van der Waals surface area contributed by atoms with Crippen LogP contribution in [0.1, 0.15) is 40.8 Å². The smallest absolute Gasteiger partial charge is 0.243 e. The predicted octanol–water partition coefficient (Wildman–Crippen LogP) is 5.99. The fourth-order valence-corrected chi connectivity index (χ4v) is 5.65. The number of nitrogens with zero attached hydrogens (tertiary/aromatic N) is 1. The topological polar surface area (TPSA) is 66.5 Å². The van der Waals surface area contributed by atoms with E-state index in [2.05, 4.69) is 17.4 Å². The Morgan fingerprint density at radius 3 is 2.24 bits per heavy atom. The maximum Gasteiger partial charge on any atom is 0.243 e. The standard InChI is InChI=1S/C26H28Cl2N2O3S/c1-17-12-19(3)24(13-18(17)2)20(4)29-26(31)16-30(15-21-10-11-22(27)14-25(21)28)34(32,33)23-8-6-5-7-9-23/h5-14,20H,15-16H2,1-4H3,(H,29,31)/t20-/m1/s1. The zero-order valence-corrected chi connectivity index (χ0v) is 21.9. The van der Waals surface area contributed by atoms with Crippen molar-refractivity contribution in [3.8, 4) is 0 Å². The van der Waals surface area contributed by atoms with Crippen LogP contribution in [0.2, 0.25) is 10.0 Å². The Bertz CT molecular complexity index is 1290. The number of aryl methyl sites for hydroxylation is 3. The Balaban J connectivity index is 1.87. The highest BCUT2D eigenvalue weighted by Gasteiger charge is 2.28. The number of sulfonamides is 1. The first-order valence-electron chi connectivity index (χ1n) is 10.8. The van der Waals surface area contributed by atoms with E-state index in [1.165, 1.54) is 17.7 Å². The zero-order chi connectivity index (χ0) is 25.0. The molecule has 0 saturated heterocycles. The van der Waals surface area contributed by atoms with Crippen LogP contribution in [0.5, 0.6) is 0 Å². The lowest BCUT2D eigenvalue weighted by Gasteiger charge is -2.24. The Morgan fingerprint density at radius 1 is 0.941 bits per heavy atom. The molecule has 1 amide bonds. The molecule has 0 spiro atoms. The van der Waals surface area contributed by atoms with Crippen molar-refractivity contribution in [3.63, 3.8) is 0 Å². The molecule has 0 radical (unpaired) electrons. The molecule has 0 saturated carbocycles. The fraction of sp³-hybridized carbons (Fsp3) is 0.269. The number of amides is 1. The van der Waals surface area contributed by atoms with Crippen LogP contribution in [0.25, 0.3) is 0 Å². The molecule has 34 heavy (non-hydrogen) atoms. The van der Waals surface area contributed by atoms with Crippen LogP contribution in [0.3, 0.4) is 0 Å². The minimum absolute atomic E-state index is 0.0717. The van der Waals surface area contributed by atoms with Crippen molar-refractivity contribution in [1.29, 1.82) is 0 Å². The Labute approximate surface area is 211 Å². The second-order valence-corrected chi connectivity index (χ2v) is 11.2. The molecule has 0 aliphatic rings. The van der Waals surface area contributed by atoms with E-state index in [0.717, 1.165) is 21.0 Å². The molecule has 0 aliphatic heterocycles. The van der Waals surface area contributed by atoms with Crippen LogP contribution >= 0.6 is 23.2 Å². The van der Waals surface area contributed by atoms with Crippen molar-refractivity contribution >= 4 is 39.1 Å².